The lowest BCUT2D eigenvalue weighted by Gasteiger charge is -2.21. The van der Waals surface area contributed by atoms with Crippen LogP contribution in [-0.2, 0) is 11.2 Å². The van der Waals surface area contributed by atoms with E-state index < -0.39 is 18.0 Å². The zero-order valence-electron chi connectivity index (χ0n) is 13.0. The van der Waals surface area contributed by atoms with Crippen LogP contribution >= 0.6 is 11.8 Å². The summed E-state index contributed by atoms with van der Waals surface area (Å²) < 4.78 is 0. The molecule has 2 amide bonds. The SMILES string of the molecule is CSCC[C@H](NC(=O)N[C@@H](C)CCc1ccccc1)C(=O)[O-]. The first-order valence-corrected chi connectivity index (χ1v) is 8.73. The standard InChI is InChI=1S/C16H24N2O3S/c1-12(8-9-13-6-4-3-5-7-13)17-16(21)18-14(15(19)20)10-11-22-2/h3-7,12,14H,8-11H2,1-2H3,(H,19,20)(H2,17,18,21)/p-1/t12-,14-/m0/s1. The molecule has 22 heavy (non-hydrogen) atoms. The zero-order chi connectivity index (χ0) is 16.4. The first-order chi connectivity index (χ1) is 10.5. The van der Waals surface area contributed by atoms with Crippen molar-refractivity contribution in [3.8, 4) is 0 Å². The lowest BCUT2D eigenvalue weighted by molar-refractivity contribution is -0.308. The van der Waals surface area contributed by atoms with Gasteiger partial charge in [-0.3, -0.25) is 0 Å². The van der Waals surface area contributed by atoms with Crippen LogP contribution in [0.15, 0.2) is 30.3 Å². The number of nitrogens with one attached hydrogen (secondary N) is 2. The summed E-state index contributed by atoms with van der Waals surface area (Å²) in [5.41, 5.74) is 1.21. The van der Waals surface area contributed by atoms with Gasteiger partial charge in [0.25, 0.3) is 0 Å². The maximum absolute atomic E-state index is 11.8. The van der Waals surface area contributed by atoms with Gasteiger partial charge in [0.15, 0.2) is 0 Å². The number of rotatable bonds is 9. The molecule has 0 aliphatic heterocycles. The molecule has 0 bridgehead atoms. The van der Waals surface area contributed by atoms with Crippen molar-refractivity contribution in [2.75, 3.05) is 12.0 Å². The molecule has 122 valence electrons. The van der Waals surface area contributed by atoms with Crippen LogP contribution in [0.25, 0.3) is 0 Å². The molecule has 0 saturated heterocycles. The highest BCUT2D eigenvalue weighted by Crippen LogP contribution is 2.05. The molecule has 0 aliphatic rings. The fourth-order valence-corrected chi connectivity index (χ4v) is 2.48. The Labute approximate surface area is 135 Å². The van der Waals surface area contributed by atoms with Gasteiger partial charge in [-0.25, -0.2) is 4.79 Å². The first kappa shape index (κ1) is 18.4. The smallest absolute Gasteiger partial charge is 0.315 e. The summed E-state index contributed by atoms with van der Waals surface area (Å²) in [6.07, 6.45) is 3.89. The highest BCUT2D eigenvalue weighted by Gasteiger charge is 2.14. The molecular formula is C16H23N2O3S-. The summed E-state index contributed by atoms with van der Waals surface area (Å²) in [5.74, 6) is -0.594. The number of carbonyl (C=O) groups excluding carboxylic acids is 2. The number of hydrogen-bond donors (Lipinski definition) is 2. The minimum atomic E-state index is -1.25. The number of thioether (sulfide) groups is 1. The van der Waals surface area contributed by atoms with Gasteiger partial charge in [-0.1, -0.05) is 30.3 Å². The Morgan fingerprint density at radius 3 is 2.45 bits per heavy atom. The van der Waals surface area contributed by atoms with Gasteiger partial charge in [0.05, 0.1) is 12.0 Å². The Morgan fingerprint density at radius 1 is 1.18 bits per heavy atom. The Balaban J connectivity index is 2.34. The molecule has 1 rings (SSSR count). The summed E-state index contributed by atoms with van der Waals surface area (Å²) in [4.78, 5) is 22.8. The number of aryl methyl sites for hydroxylation is 1. The minimum Gasteiger partial charge on any atom is -0.548 e. The third kappa shape index (κ3) is 7.36. The zero-order valence-corrected chi connectivity index (χ0v) is 13.8. The van der Waals surface area contributed by atoms with Crippen molar-refractivity contribution in [3.05, 3.63) is 35.9 Å². The van der Waals surface area contributed by atoms with Gasteiger partial charge < -0.3 is 20.5 Å². The molecule has 0 unspecified atom stereocenters. The van der Waals surface area contributed by atoms with E-state index in [1.165, 1.54) is 17.3 Å². The third-order valence-electron chi connectivity index (χ3n) is 3.29. The minimum absolute atomic E-state index is 0.0387. The van der Waals surface area contributed by atoms with Crippen molar-refractivity contribution in [1.82, 2.24) is 10.6 Å². The quantitative estimate of drug-likeness (QED) is 0.715. The van der Waals surface area contributed by atoms with Crippen LogP contribution in [0, 0.1) is 0 Å². The molecule has 2 N–H and O–H groups in total. The van der Waals surface area contributed by atoms with Crippen LogP contribution < -0.4 is 15.7 Å². The Bertz CT molecular complexity index is 468. The van der Waals surface area contributed by atoms with Crippen LogP contribution in [0.5, 0.6) is 0 Å². The normalized spacial score (nSPS) is 13.2. The van der Waals surface area contributed by atoms with Crippen molar-refractivity contribution in [2.24, 2.45) is 0 Å². The number of benzene rings is 1. The molecule has 1 aromatic carbocycles. The maximum Gasteiger partial charge on any atom is 0.315 e. The molecule has 0 saturated carbocycles. The number of carboxylic acids is 1. The van der Waals surface area contributed by atoms with Crippen molar-refractivity contribution >= 4 is 23.8 Å². The van der Waals surface area contributed by atoms with E-state index in [0.29, 0.717) is 12.2 Å². The van der Waals surface area contributed by atoms with E-state index >= 15 is 0 Å². The predicted octanol–water partition coefficient (Wildman–Crippen LogP) is 1.18. The number of urea groups is 1. The lowest BCUT2D eigenvalue weighted by atomic mass is 10.1. The predicted molar refractivity (Wildman–Crippen MR) is 87.7 cm³/mol. The summed E-state index contributed by atoms with van der Waals surface area (Å²) in [6, 6.07) is 8.57. The number of amides is 2. The van der Waals surface area contributed by atoms with Crippen LogP contribution in [0.4, 0.5) is 4.79 Å². The van der Waals surface area contributed by atoms with Crippen LogP contribution in [0.1, 0.15) is 25.3 Å². The highest BCUT2D eigenvalue weighted by atomic mass is 32.2. The van der Waals surface area contributed by atoms with Gasteiger partial charge >= 0.3 is 6.03 Å². The third-order valence-corrected chi connectivity index (χ3v) is 3.93. The summed E-state index contributed by atoms with van der Waals surface area (Å²) in [7, 11) is 0. The molecule has 6 heteroatoms. The topological polar surface area (TPSA) is 81.3 Å². The van der Waals surface area contributed by atoms with Gasteiger partial charge in [0.1, 0.15) is 0 Å². The molecule has 0 heterocycles. The molecule has 2 atom stereocenters. The number of aliphatic carboxylic acids is 1. The van der Waals surface area contributed by atoms with Gasteiger partial charge in [0, 0.05) is 6.04 Å². The number of carbonyl (C=O) groups is 2. The number of hydrogen-bond acceptors (Lipinski definition) is 4. The van der Waals surface area contributed by atoms with Crippen LogP contribution in [0.3, 0.4) is 0 Å². The van der Waals surface area contributed by atoms with E-state index in [9.17, 15) is 14.7 Å². The van der Waals surface area contributed by atoms with Gasteiger partial charge in [-0.05, 0) is 43.8 Å². The molecule has 5 nitrogen and oxygen atoms in total. The molecule has 1 aromatic rings. The largest absolute Gasteiger partial charge is 0.548 e. The van der Waals surface area contributed by atoms with Gasteiger partial charge in [0.2, 0.25) is 0 Å². The Morgan fingerprint density at radius 2 is 1.86 bits per heavy atom. The first-order valence-electron chi connectivity index (χ1n) is 7.33. The second-order valence-corrected chi connectivity index (χ2v) is 6.18. The van der Waals surface area contributed by atoms with E-state index in [1.807, 2.05) is 43.5 Å². The van der Waals surface area contributed by atoms with Gasteiger partial charge in [-0.2, -0.15) is 11.8 Å². The summed E-state index contributed by atoms with van der Waals surface area (Å²) in [5, 5.41) is 16.2. The maximum atomic E-state index is 11.8. The Kier molecular flexibility index (Phi) is 8.43. The van der Waals surface area contributed by atoms with Crippen molar-refractivity contribution in [2.45, 2.75) is 38.3 Å². The fourth-order valence-electron chi connectivity index (χ4n) is 2.01. The summed E-state index contributed by atoms with van der Waals surface area (Å²) >= 11 is 1.53. The monoisotopic (exact) mass is 323 g/mol. The van der Waals surface area contributed by atoms with Crippen molar-refractivity contribution < 1.29 is 14.7 Å². The van der Waals surface area contributed by atoms with E-state index in [-0.39, 0.29) is 6.04 Å². The second-order valence-electron chi connectivity index (χ2n) is 5.20. The average Bonchev–Trinajstić information content (AvgIpc) is 2.50. The van der Waals surface area contributed by atoms with E-state index in [0.717, 1.165) is 12.8 Å². The molecule has 0 radical (unpaired) electrons. The average molecular weight is 323 g/mol. The molecule has 0 spiro atoms. The van der Waals surface area contributed by atoms with E-state index in [4.69, 9.17) is 0 Å². The molecule has 0 aromatic heterocycles. The van der Waals surface area contributed by atoms with Crippen LogP contribution in [0.2, 0.25) is 0 Å². The molecular weight excluding hydrogens is 300 g/mol. The lowest BCUT2D eigenvalue weighted by Crippen LogP contribution is -2.52. The van der Waals surface area contributed by atoms with E-state index in [2.05, 4.69) is 10.6 Å². The summed E-state index contributed by atoms with van der Waals surface area (Å²) in [6.45, 7) is 1.90. The van der Waals surface area contributed by atoms with Crippen LogP contribution in [-0.4, -0.2) is 36.1 Å². The second kappa shape index (κ2) is 10.1. The Hall–Kier alpha value is -1.69. The highest BCUT2D eigenvalue weighted by molar-refractivity contribution is 7.98. The molecule has 0 aliphatic carbocycles. The van der Waals surface area contributed by atoms with E-state index in [1.54, 1.807) is 0 Å². The fraction of sp³-hybridized carbons (Fsp3) is 0.500. The number of carboxylic acid groups (broad SMARTS) is 1. The van der Waals surface area contributed by atoms with Crippen molar-refractivity contribution in [1.29, 1.82) is 0 Å². The van der Waals surface area contributed by atoms with Crippen molar-refractivity contribution in [3.63, 3.8) is 0 Å². The van der Waals surface area contributed by atoms with Gasteiger partial charge in [-0.15, -0.1) is 0 Å². The molecule has 0 fully saturated rings.